The lowest BCUT2D eigenvalue weighted by Gasteiger charge is -2.39. The highest BCUT2D eigenvalue weighted by molar-refractivity contribution is 5.79. The van der Waals surface area contributed by atoms with Crippen LogP contribution in [0.2, 0.25) is 0 Å². The lowest BCUT2D eigenvalue weighted by molar-refractivity contribution is -0.174. The van der Waals surface area contributed by atoms with Crippen molar-refractivity contribution in [3.8, 4) is 0 Å². The Hall–Kier alpha value is -0.570. The summed E-state index contributed by atoms with van der Waals surface area (Å²) in [5.41, 5.74) is -1.27. The predicted octanol–water partition coefficient (Wildman–Crippen LogP) is 3.54. The van der Waals surface area contributed by atoms with Gasteiger partial charge in [-0.2, -0.15) is 0 Å². The van der Waals surface area contributed by atoms with Crippen LogP contribution in [0.3, 0.4) is 0 Å². The van der Waals surface area contributed by atoms with E-state index in [4.69, 9.17) is 4.74 Å². The van der Waals surface area contributed by atoms with Crippen molar-refractivity contribution < 1.29 is 14.6 Å². The van der Waals surface area contributed by atoms with Crippen LogP contribution in [0, 0.1) is 17.8 Å². The van der Waals surface area contributed by atoms with E-state index in [1.807, 2.05) is 6.92 Å². The van der Waals surface area contributed by atoms with Crippen LogP contribution in [0.4, 0.5) is 0 Å². The molecule has 112 valence electrons. The molecule has 0 aromatic carbocycles. The fourth-order valence-corrected chi connectivity index (χ4v) is 3.46. The van der Waals surface area contributed by atoms with E-state index in [-0.39, 0.29) is 5.92 Å². The van der Waals surface area contributed by atoms with Crippen LogP contribution in [-0.2, 0) is 9.53 Å². The summed E-state index contributed by atoms with van der Waals surface area (Å²) in [5.74, 6) is 0.967. The first-order valence-corrected chi connectivity index (χ1v) is 7.83. The summed E-state index contributed by atoms with van der Waals surface area (Å²) in [6.45, 7) is 8.48. The molecule has 3 atom stereocenters. The first kappa shape index (κ1) is 16.5. The Labute approximate surface area is 117 Å². The molecule has 1 N–H and O–H groups in total. The van der Waals surface area contributed by atoms with Crippen molar-refractivity contribution >= 4 is 5.97 Å². The minimum absolute atomic E-state index is 0.0639. The van der Waals surface area contributed by atoms with Gasteiger partial charge >= 0.3 is 5.97 Å². The van der Waals surface area contributed by atoms with Gasteiger partial charge in [-0.25, -0.2) is 4.79 Å². The summed E-state index contributed by atoms with van der Waals surface area (Å²) in [6.07, 6.45) is 5.89. The summed E-state index contributed by atoms with van der Waals surface area (Å²) in [7, 11) is 0. The van der Waals surface area contributed by atoms with Crippen molar-refractivity contribution in [2.24, 2.45) is 17.8 Å². The van der Waals surface area contributed by atoms with Gasteiger partial charge in [-0.3, -0.25) is 0 Å². The highest BCUT2D eigenvalue weighted by Gasteiger charge is 2.45. The van der Waals surface area contributed by atoms with Crippen LogP contribution in [0.5, 0.6) is 0 Å². The monoisotopic (exact) mass is 270 g/mol. The molecule has 0 heterocycles. The maximum Gasteiger partial charge on any atom is 0.338 e. The number of aliphatic hydroxyl groups is 1. The smallest absolute Gasteiger partial charge is 0.338 e. The molecule has 1 aliphatic carbocycles. The third-order valence-corrected chi connectivity index (χ3v) is 4.43. The van der Waals surface area contributed by atoms with Crippen molar-refractivity contribution in [1.82, 2.24) is 0 Å². The van der Waals surface area contributed by atoms with E-state index in [0.29, 0.717) is 24.9 Å². The van der Waals surface area contributed by atoms with Crippen molar-refractivity contribution in [3.05, 3.63) is 0 Å². The molecule has 3 unspecified atom stereocenters. The quantitative estimate of drug-likeness (QED) is 0.751. The summed E-state index contributed by atoms with van der Waals surface area (Å²) in [4.78, 5) is 12.1. The second kappa shape index (κ2) is 7.28. The molecule has 0 aromatic rings. The van der Waals surface area contributed by atoms with Crippen LogP contribution in [-0.4, -0.2) is 23.3 Å². The fraction of sp³-hybridized carbons (Fsp3) is 0.938. The number of hydrogen-bond donors (Lipinski definition) is 1. The molecule has 0 bridgehead atoms. The van der Waals surface area contributed by atoms with E-state index in [2.05, 4.69) is 13.8 Å². The molecule has 19 heavy (non-hydrogen) atoms. The Kier molecular flexibility index (Phi) is 6.31. The van der Waals surface area contributed by atoms with Crippen molar-refractivity contribution in [2.45, 2.75) is 71.8 Å². The van der Waals surface area contributed by atoms with Gasteiger partial charge in [0, 0.05) is 0 Å². The summed E-state index contributed by atoms with van der Waals surface area (Å²) < 4.78 is 5.08. The number of carbonyl (C=O) groups excluding carboxylic acids is 1. The molecule has 1 aliphatic rings. The molecule has 3 heteroatoms. The van der Waals surface area contributed by atoms with E-state index in [1.54, 1.807) is 6.92 Å². The Morgan fingerprint density at radius 3 is 2.58 bits per heavy atom. The van der Waals surface area contributed by atoms with E-state index in [0.717, 1.165) is 19.3 Å². The zero-order valence-electron chi connectivity index (χ0n) is 12.9. The van der Waals surface area contributed by atoms with E-state index >= 15 is 0 Å². The van der Waals surface area contributed by atoms with Gasteiger partial charge < -0.3 is 9.84 Å². The summed E-state index contributed by atoms with van der Waals surface area (Å²) in [6, 6.07) is 0. The molecule has 0 aromatic heterocycles. The molecule has 0 saturated heterocycles. The molecular weight excluding hydrogens is 240 g/mol. The Balaban J connectivity index is 2.72. The van der Waals surface area contributed by atoms with Crippen molar-refractivity contribution in [3.63, 3.8) is 0 Å². The van der Waals surface area contributed by atoms with Crippen molar-refractivity contribution in [1.29, 1.82) is 0 Å². The highest BCUT2D eigenvalue weighted by Crippen LogP contribution is 2.40. The number of esters is 1. The van der Waals surface area contributed by atoms with Crippen LogP contribution in [0.25, 0.3) is 0 Å². The van der Waals surface area contributed by atoms with Crippen LogP contribution in [0.1, 0.15) is 66.2 Å². The van der Waals surface area contributed by atoms with Gasteiger partial charge in [-0.1, -0.05) is 33.6 Å². The van der Waals surface area contributed by atoms with Crippen LogP contribution in [0.15, 0.2) is 0 Å². The van der Waals surface area contributed by atoms with Gasteiger partial charge in [-0.05, 0) is 50.4 Å². The van der Waals surface area contributed by atoms with Gasteiger partial charge in [0.2, 0.25) is 0 Å². The van der Waals surface area contributed by atoms with Gasteiger partial charge in [0.05, 0.1) is 6.61 Å². The number of ether oxygens (including phenoxy) is 1. The molecule has 1 fully saturated rings. The molecular formula is C16H30O3. The van der Waals surface area contributed by atoms with E-state index in [1.165, 1.54) is 12.8 Å². The normalized spacial score (nSPS) is 27.1. The summed E-state index contributed by atoms with van der Waals surface area (Å²) >= 11 is 0. The molecule has 1 saturated carbocycles. The standard InChI is InChI=1S/C16H30O3/c1-5-16(18,15(17)19-6-2)14-9-7-8-13(11-14)10-12(3)4/h12-14,18H,5-11H2,1-4H3. The predicted molar refractivity (Wildman–Crippen MR) is 76.8 cm³/mol. The van der Waals surface area contributed by atoms with Crippen LogP contribution >= 0.6 is 0 Å². The topological polar surface area (TPSA) is 46.5 Å². The van der Waals surface area contributed by atoms with Gasteiger partial charge in [-0.15, -0.1) is 0 Å². The van der Waals surface area contributed by atoms with Gasteiger partial charge in [0.15, 0.2) is 5.60 Å². The first-order valence-electron chi connectivity index (χ1n) is 7.83. The van der Waals surface area contributed by atoms with Crippen LogP contribution < -0.4 is 0 Å². The SMILES string of the molecule is CCOC(=O)C(O)(CC)C1CCCC(CC(C)C)C1. The van der Waals surface area contributed by atoms with E-state index in [9.17, 15) is 9.90 Å². The van der Waals surface area contributed by atoms with E-state index < -0.39 is 11.6 Å². The molecule has 0 amide bonds. The lowest BCUT2D eigenvalue weighted by atomic mass is 9.70. The highest BCUT2D eigenvalue weighted by atomic mass is 16.5. The molecule has 1 rings (SSSR count). The Morgan fingerprint density at radius 1 is 1.37 bits per heavy atom. The lowest BCUT2D eigenvalue weighted by Crippen LogP contribution is -2.48. The molecule has 0 radical (unpaired) electrons. The maximum absolute atomic E-state index is 12.1. The molecule has 3 nitrogen and oxygen atoms in total. The van der Waals surface area contributed by atoms with Crippen molar-refractivity contribution in [2.75, 3.05) is 6.61 Å². The first-order chi connectivity index (χ1) is 8.93. The number of carbonyl (C=O) groups is 1. The molecule has 0 aliphatic heterocycles. The zero-order chi connectivity index (χ0) is 14.5. The average Bonchev–Trinajstić information content (AvgIpc) is 2.37. The number of rotatable bonds is 6. The second-order valence-corrected chi connectivity index (χ2v) is 6.36. The minimum Gasteiger partial charge on any atom is -0.464 e. The fourth-order valence-electron chi connectivity index (χ4n) is 3.46. The third kappa shape index (κ3) is 4.20. The van der Waals surface area contributed by atoms with Gasteiger partial charge in [0.1, 0.15) is 0 Å². The minimum atomic E-state index is -1.27. The maximum atomic E-state index is 12.1. The largest absolute Gasteiger partial charge is 0.464 e. The Morgan fingerprint density at radius 2 is 2.05 bits per heavy atom. The van der Waals surface area contributed by atoms with Gasteiger partial charge in [0.25, 0.3) is 0 Å². The average molecular weight is 270 g/mol. The molecule has 0 spiro atoms. The third-order valence-electron chi connectivity index (χ3n) is 4.43. The zero-order valence-corrected chi connectivity index (χ0v) is 12.9. The summed E-state index contributed by atoms with van der Waals surface area (Å²) in [5, 5.41) is 10.7. The second-order valence-electron chi connectivity index (χ2n) is 6.36. The Bertz CT molecular complexity index is 288. The number of hydrogen-bond acceptors (Lipinski definition) is 3.